The van der Waals surface area contributed by atoms with Gasteiger partial charge in [0.1, 0.15) is 11.4 Å². The summed E-state index contributed by atoms with van der Waals surface area (Å²) in [7, 11) is 5.09. The zero-order valence-corrected chi connectivity index (χ0v) is 20.4. The molecule has 1 heterocycles. The number of nitro benzene ring substituents is 1. The standard InChI is InChI=1S/C21H29N5O9/c1-11(2)10-25-18(22)15(19(27)23-21(25)29)24(7-8-32-3)20(28)12-9-13(33-4)16(34-5)17(35-6)14(12)26(30)31/h9,11H,7-8,10,22H2,1-6H3,(H,23,27,29). The molecule has 192 valence electrons. The molecule has 1 aromatic carbocycles. The fraction of sp³-hybridized carbons (Fsp3) is 0.476. The number of aromatic amines is 1. The number of anilines is 2. The van der Waals surface area contributed by atoms with Crippen molar-refractivity contribution in [2.75, 3.05) is 52.2 Å². The second-order valence-corrected chi connectivity index (χ2v) is 7.75. The van der Waals surface area contributed by atoms with Gasteiger partial charge < -0.3 is 24.7 Å². The van der Waals surface area contributed by atoms with Gasteiger partial charge in [-0.25, -0.2) is 4.79 Å². The fourth-order valence-corrected chi connectivity index (χ4v) is 3.51. The number of carbonyl (C=O) groups is 1. The van der Waals surface area contributed by atoms with E-state index >= 15 is 0 Å². The van der Waals surface area contributed by atoms with Gasteiger partial charge >= 0.3 is 11.4 Å². The van der Waals surface area contributed by atoms with Gasteiger partial charge in [0, 0.05) is 26.3 Å². The van der Waals surface area contributed by atoms with E-state index in [1.54, 1.807) is 0 Å². The number of rotatable bonds is 11. The van der Waals surface area contributed by atoms with Crippen molar-refractivity contribution in [1.29, 1.82) is 0 Å². The summed E-state index contributed by atoms with van der Waals surface area (Å²) in [6.07, 6.45) is 0. The van der Waals surface area contributed by atoms with Crippen LogP contribution in [-0.4, -0.2) is 62.0 Å². The molecule has 0 saturated heterocycles. The summed E-state index contributed by atoms with van der Waals surface area (Å²) in [5.41, 5.74) is 2.98. The number of amides is 1. The van der Waals surface area contributed by atoms with Crippen LogP contribution in [0, 0.1) is 16.0 Å². The molecule has 0 spiro atoms. The minimum Gasteiger partial charge on any atom is -0.493 e. The Morgan fingerprint density at radius 3 is 2.29 bits per heavy atom. The van der Waals surface area contributed by atoms with Crippen LogP contribution in [0.25, 0.3) is 0 Å². The molecule has 0 saturated carbocycles. The number of methoxy groups -OCH3 is 4. The molecule has 0 aliphatic carbocycles. The number of nitrogen functional groups attached to an aromatic ring is 1. The first-order valence-electron chi connectivity index (χ1n) is 10.4. The molecule has 2 aromatic rings. The van der Waals surface area contributed by atoms with Gasteiger partial charge in [-0.3, -0.25) is 34.2 Å². The van der Waals surface area contributed by atoms with Crippen molar-refractivity contribution >= 4 is 23.1 Å². The van der Waals surface area contributed by atoms with Crippen LogP contribution in [0.5, 0.6) is 17.2 Å². The van der Waals surface area contributed by atoms with E-state index in [0.29, 0.717) is 0 Å². The zero-order chi connectivity index (χ0) is 26.4. The number of nitro groups is 1. The van der Waals surface area contributed by atoms with E-state index in [2.05, 4.69) is 4.98 Å². The number of nitrogens with one attached hydrogen (secondary N) is 1. The van der Waals surface area contributed by atoms with E-state index in [1.807, 2.05) is 13.8 Å². The molecule has 0 aliphatic heterocycles. The molecule has 0 radical (unpaired) electrons. The highest BCUT2D eigenvalue weighted by atomic mass is 16.6. The first-order valence-corrected chi connectivity index (χ1v) is 10.4. The lowest BCUT2D eigenvalue weighted by Crippen LogP contribution is -2.43. The minimum absolute atomic E-state index is 0.0170. The quantitative estimate of drug-likeness (QED) is 0.337. The monoisotopic (exact) mass is 495 g/mol. The zero-order valence-electron chi connectivity index (χ0n) is 20.4. The highest BCUT2D eigenvalue weighted by molar-refractivity contribution is 6.11. The topological polar surface area (TPSA) is 181 Å². The molecule has 2 rings (SSSR count). The fourth-order valence-electron chi connectivity index (χ4n) is 3.51. The van der Waals surface area contributed by atoms with Gasteiger partial charge in [0.2, 0.25) is 11.5 Å². The average Bonchev–Trinajstić information content (AvgIpc) is 2.81. The summed E-state index contributed by atoms with van der Waals surface area (Å²) in [6, 6.07) is 1.11. The molecule has 0 fully saturated rings. The summed E-state index contributed by atoms with van der Waals surface area (Å²) in [5.74, 6) is -1.72. The van der Waals surface area contributed by atoms with Gasteiger partial charge in [-0.05, 0) is 5.92 Å². The van der Waals surface area contributed by atoms with E-state index in [-0.39, 0.29) is 54.4 Å². The Hall–Kier alpha value is -4.07. The first kappa shape index (κ1) is 27.2. The van der Waals surface area contributed by atoms with Crippen molar-refractivity contribution in [3.05, 3.63) is 42.6 Å². The number of nitrogens with zero attached hydrogens (tertiary/aromatic N) is 3. The normalized spacial score (nSPS) is 10.8. The number of hydrogen-bond acceptors (Lipinski definition) is 10. The Morgan fingerprint density at radius 1 is 1.17 bits per heavy atom. The molecule has 14 heteroatoms. The van der Waals surface area contributed by atoms with E-state index in [1.165, 1.54) is 28.4 Å². The summed E-state index contributed by atoms with van der Waals surface area (Å²) in [5, 5.41) is 12.0. The van der Waals surface area contributed by atoms with Gasteiger partial charge in [-0.15, -0.1) is 0 Å². The molecule has 35 heavy (non-hydrogen) atoms. The maximum absolute atomic E-state index is 13.8. The molecule has 3 N–H and O–H groups in total. The lowest BCUT2D eigenvalue weighted by Gasteiger charge is -2.25. The number of carbonyl (C=O) groups excluding carboxylic acids is 1. The molecular weight excluding hydrogens is 466 g/mol. The number of ether oxygens (including phenoxy) is 4. The SMILES string of the molecule is COCCN(C(=O)c1cc(OC)c(OC)c(OC)c1[N+](=O)[O-])c1c(N)n(CC(C)C)c(=O)[nH]c1=O. The van der Waals surface area contributed by atoms with Crippen molar-refractivity contribution in [3.8, 4) is 17.2 Å². The third kappa shape index (κ3) is 5.37. The van der Waals surface area contributed by atoms with Gasteiger partial charge in [0.15, 0.2) is 11.4 Å². The van der Waals surface area contributed by atoms with E-state index in [9.17, 15) is 24.5 Å². The maximum Gasteiger partial charge on any atom is 0.330 e. The predicted molar refractivity (Wildman–Crippen MR) is 127 cm³/mol. The highest BCUT2D eigenvalue weighted by Crippen LogP contribution is 2.46. The van der Waals surface area contributed by atoms with E-state index in [0.717, 1.165) is 15.5 Å². The number of benzene rings is 1. The van der Waals surface area contributed by atoms with Crippen LogP contribution in [0.15, 0.2) is 15.7 Å². The summed E-state index contributed by atoms with van der Waals surface area (Å²) in [6.45, 7) is 3.57. The van der Waals surface area contributed by atoms with Crippen molar-refractivity contribution < 1.29 is 28.7 Å². The molecule has 14 nitrogen and oxygen atoms in total. The molecule has 0 atom stereocenters. The maximum atomic E-state index is 13.8. The summed E-state index contributed by atoms with van der Waals surface area (Å²) >= 11 is 0. The number of H-pyrrole nitrogens is 1. The third-order valence-corrected chi connectivity index (χ3v) is 5.01. The van der Waals surface area contributed by atoms with Crippen LogP contribution in [0.3, 0.4) is 0 Å². The average molecular weight is 495 g/mol. The smallest absolute Gasteiger partial charge is 0.330 e. The van der Waals surface area contributed by atoms with Gasteiger partial charge in [0.25, 0.3) is 11.5 Å². The van der Waals surface area contributed by atoms with Crippen molar-refractivity contribution in [2.24, 2.45) is 5.92 Å². The second-order valence-electron chi connectivity index (χ2n) is 7.75. The minimum atomic E-state index is -0.972. The molecule has 1 aromatic heterocycles. The lowest BCUT2D eigenvalue weighted by atomic mass is 10.1. The van der Waals surface area contributed by atoms with Gasteiger partial charge in [-0.2, -0.15) is 0 Å². The predicted octanol–water partition coefficient (Wildman–Crippen LogP) is 1.00. The van der Waals surface area contributed by atoms with Gasteiger partial charge in [-0.1, -0.05) is 13.8 Å². The van der Waals surface area contributed by atoms with Crippen LogP contribution in [-0.2, 0) is 11.3 Å². The highest BCUT2D eigenvalue weighted by Gasteiger charge is 2.36. The summed E-state index contributed by atoms with van der Waals surface area (Å²) in [4.78, 5) is 53.2. The Labute approximate surface area is 200 Å². The summed E-state index contributed by atoms with van der Waals surface area (Å²) < 4.78 is 21.8. The number of nitrogens with two attached hydrogens (primary N) is 1. The van der Waals surface area contributed by atoms with Crippen LogP contribution < -0.4 is 36.1 Å². The Balaban J connectivity index is 2.88. The molecular formula is C21H29N5O9. The Kier molecular flexibility index (Phi) is 8.83. The van der Waals surface area contributed by atoms with Crippen molar-refractivity contribution in [3.63, 3.8) is 0 Å². The Bertz CT molecular complexity index is 1220. The van der Waals surface area contributed by atoms with Crippen LogP contribution in [0.2, 0.25) is 0 Å². The second kappa shape index (κ2) is 11.4. The third-order valence-electron chi connectivity index (χ3n) is 5.01. The first-order chi connectivity index (χ1) is 16.5. The lowest BCUT2D eigenvalue weighted by molar-refractivity contribution is -0.386. The molecule has 0 bridgehead atoms. The molecule has 0 aliphatic rings. The van der Waals surface area contributed by atoms with Crippen LogP contribution >= 0.6 is 0 Å². The molecule has 1 amide bonds. The van der Waals surface area contributed by atoms with Gasteiger partial charge in [0.05, 0.1) is 32.9 Å². The molecule has 0 unspecified atom stereocenters. The van der Waals surface area contributed by atoms with Crippen LogP contribution in [0.1, 0.15) is 24.2 Å². The van der Waals surface area contributed by atoms with E-state index in [4.69, 9.17) is 24.7 Å². The largest absolute Gasteiger partial charge is 0.493 e. The number of aromatic nitrogens is 2. The van der Waals surface area contributed by atoms with Crippen molar-refractivity contribution in [2.45, 2.75) is 20.4 Å². The Morgan fingerprint density at radius 2 is 1.80 bits per heavy atom. The number of hydrogen-bond donors (Lipinski definition) is 2. The van der Waals surface area contributed by atoms with Crippen LogP contribution in [0.4, 0.5) is 17.2 Å². The van der Waals surface area contributed by atoms with E-state index < -0.39 is 33.3 Å². The van der Waals surface area contributed by atoms with Crippen molar-refractivity contribution in [1.82, 2.24) is 9.55 Å².